The van der Waals surface area contributed by atoms with Gasteiger partial charge >= 0.3 is 5.97 Å². The molecule has 15 heavy (non-hydrogen) atoms. The van der Waals surface area contributed by atoms with Gasteiger partial charge in [-0.1, -0.05) is 13.8 Å². The second kappa shape index (κ2) is 5.11. The highest BCUT2D eigenvalue weighted by Crippen LogP contribution is 2.17. The number of aliphatic carboxylic acids is 1. The summed E-state index contributed by atoms with van der Waals surface area (Å²) in [7, 11) is 0. The second-order valence-electron chi connectivity index (χ2n) is 4.28. The molecule has 1 saturated carbocycles. The maximum Gasteiger partial charge on any atom is 0.326 e. The summed E-state index contributed by atoms with van der Waals surface area (Å²) in [6.45, 7) is 3.75. The standard InChI is InChI=1S/C10H18N2O3/c1-6(2)9(10(14)15)12-8(13)5-11-7-3-4-7/h6-7,9,11H,3-5H2,1-2H3,(H,12,13)(H,14,15)/t9-/m1/s1. The Hall–Kier alpha value is -1.10. The molecule has 1 aliphatic carbocycles. The molecule has 0 unspecified atom stereocenters. The summed E-state index contributed by atoms with van der Waals surface area (Å²) < 4.78 is 0. The van der Waals surface area contributed by atoms with Crippen molar-refractivity contribution >= 4 is 11.9 Å². The summed E-state index contributed by atoms with van der Waals surface area (Å²) in [4.78, 5) is 22.1. The summed E-state index contributed by atoms with van der Waals surface area (Å²) in [6, 6.07) is -0.336. The van der Waals surface area contributed by atoms with E-state index >= 15 is 0 Å². The predicted molar refractivity (Wildman–Crippen MR) is 55.4 cm³/mol. The number of carbonyl (C=O) groups excluding carboxylic acids is 1. The van der Waals surface area contributed by atoms with E-state index in [4.69, 9.17) is 5.11 Å². The predicted octanol–water partition coefficient (Wildman–Crippen LogP) is -0.0362. The number of amides is 1. The lowest BCUT2D eigenvalue weighted by atomic mass is 10.1. The van der Waals surface area contributed by atoms with Crippen LogP contribution in [0, 0.1) is 5.92 Å². The quantitative estimate of drug-likeness (QED) is 0.580. The van der Waals surface area contributed by atoms with Crippen LogP contribution in [0.25, 0.3) is 0 Å². The van der Waals surface area contributed by atoms with E-state index in [0.29, 0.717) is 6.04 Å². The fourth-order valence-corrected chi connectivity index (χ4v) is 1.26. The van der Waals surface area contributed by atoms with Crippen molar-refractivity contribution in [3.8, 4) is 0 Å². The van der Waals surface area contributed by atoms with Crippen molar-refractivity contribution in [2.45, 2.75) is 38.8 Å². The normalized spacial score (nSPS) is 17.5. The molecule has 5 nitrogen and oxygen atoms in total. The SMILES string of the molecule is CC(C)[C@@H](NC(=O)CNC1CC1)C(=O)O. The zero-order valence-corrected chi connectivity index (χ0v) is 9.12. The van der Waals surface area contributed by atoms with Crippen molar-refractivity contribution in [3.05, 3.63) is 0 Å². The van der Waals surface area contributed by atoms with Gasteiger partial charge in [-0.15, -0.1) is 0 Å². The molecule has 1 rings (SSSR count). The summed E-state index contributed by atoms with van der Waals surface area (Å²) >= 11 is 0. The first-order chi connectivity index (χ1) is 7.00. The van der Waals surface area contributed by atoms with Gasteiger partial charge in [0.05, 0.1) is 6.54 Å². The molecule has 1 fully saturated rings. The Morgan fingerprint density at radius 2 is 2.00 bits per heavy atom. The molecular weight excluding hydrogens is 196 g/mol. The molecule has 0 aromatic heterocycles. The molecule has 1 aliphatic rings. The molecule has 86 valence electrons. The molecule has 1 amide bonds. The second-order valence-corrected chi connectivity index (χ2v) is 4.28. The van der Waals surface area contributed by atoms with Crippen LogP contribution in [-0.2, 0) is 9.59 Å². The number of carboxylic acids is 1. The van der Waals surface area contributed by atoms with E-state index in [-0.39, 0.29) is 18.4 Å². The first kappa shape index (κ1) is 12.0. The van der Waals surface area contributed by atoms with E-state index in [9.17, 15) is 9.59 Å². The maximum atomic E-state index is 11.4. The highest BCUT2D eigenvalue weighted by molar-refractivity contribution is 5.84. The summed E-state index contributed by atoms with van der Waals surface area (Å²) in [5.41, 5.74) is 0. The van der Waals surface area contributed by atoms with Crippen LogP contribution in [0.4, 0.5) is 0 Å². The smallest absolute Gasteiger partial charge is 0.326 e. The number of rotatable bonds is 6. The zero-order chi connectivity index (χ0) is 11.4. The number of carbonyl (C=O) groups is 2. The molecular formula is C10H18N2O3. The van der Waals surface area contributed by atoms with Crippen molar-refractivity contribution in [1.82, 2.24) is 10.6 Å². The first-order valence-corrected chi connectivity index (χ1v) is 5.26. The number of hydrogen-bond acceptors (Lipinski definition) is 3. The molecule has 0 heterocycles. The number of hydrogen-bond donors (Lipinski definition) is 3. The molecule has 0 bridgehead atoms. The van der Waals surface area contributed by atoms with Crippen LogP contribution >= 0.6 is 0 Å². The monoisotopic (exact) mass is 214 g/mol. The lowest BCUT2D eigenvalue weighted by molar-refractivity contribution is -0.142. The summed E-state index contributed by atoms with van der Waals surface area (Å²) in [5, 5.41) is 14.4. The Labute approximate surface area is 89.2 Å². The fourth-order valence-electron chi connectivity index (χ4n) is 1.26. The van der Waals surface area contributed by atoms with Crippen molar-refractivity contribution in [2.75, 3.05) is 6.54 Å². The van der Waals surface area contributed by atoms with Gasteiger partial charge in [0.2, 0.25) is 5.91 Å². The van der Waals surface area contributed by atoms with E-state index in [1.54, 1.807) is 13.8 Å². The number of carboxylic acid groups (broad SMARTS) is 1. The highest BCUT2D eigenvalue weighted by Gasteiger charge is 2.25. The lowest BCUT2D eigenvalue weighted by Crippen LogP contribution is -2.47. The third-order valence-corrected chi connectivity index (χ3v) is 2.38. The lowest BCUT2D eigenvalue weighted by Gasteiger charge is -2.17. The summed E-state index contributed by atoms with van der Waals surface area (Å²) in [6.07, 6.45) is 2.22. The van der Waals surface area contributed by atoms with Gasteiger partial charge in [0.1, 0.15) is 6.04 Å². The van der Waals surface area contributed by atoms with E-state index in [2.05, 4.69) is 10.6 Å². The molecule has 0 radical (unpaired) electrons. The van der Waals surface area contributed by atoms with Crippen LogP contribution in [-0.4, -0.2) is 35.6 Å². The summed E-state index contributed by atoms with van der Waals surface area (Å²) in [5.74, 6) is -1.33. The van der Waals surface area contributed by atoms with E-state index in [0.717, 1.165) is 12.8 Å². The molecule has 1 atom stereocenters. The van der Waals surface area contributed by atoms with Crippen LogP contribution in [0.3, 0.4) is 0 Å². The van der Waals surface area contributed by atoms with Gasteiger partial charge in [0, 0.05) is 6.04 Å². The van der Waals surface area contributed by atoms with Crippen LogP contribution < -0.4 is 10.6 Å². The molecule has 5 heteroatoms. The highest BCUT2D eigenvalue weighted by atomic mass is 16.4. The van der Waals surface area contributed by atoms with E-state index in [1.165, 1.54) is 0 Å². The minimum Gasteiger partial charge on any atom is -0.480 e. The first-order valence-electron chi connectivity index (χ1n) is 5.26. The van der Waals surface area contributed by atoms with Gasteiger partial charge < -0.3 is 15.7 Å². The van der Waals surface area contributed by atoms with Crippen molar-refractivity contribution < 1.29 is 14.7 Å². The fraction of sp³-hybridized carbons (Fsp3) is 0.800. The average molecular weight is 214 g/mol. The zero-order valence-electron chi connectivity index (χ0n) is 9.12. The molecule has 3 N–H and O–H groups in total. The minimum atomic E-state index is -0.982. The third kappa shape index (κ3) is 4.29. The van der Waals surface area contributed by atoms with Crippen LogP contribution in [0.5, 0.6) is 0 Å². The van der Waals surface area contributed by atoms with Gasteiger partial charge in [0.25, 0.3) is 0 Å². The van der Waals surface area contributed by atoms with Gasteiger partial charge in [-0.3, -0.25) is 4.79 Å². The van der Waals surface area contributed by atoms with Crippen LogP contribution in [0.1, 0.15) is 26.7 Å². The molecule has 0 aliphatic heterocycles. The Balaban J connectivity index is 2.28. The molecule has 0 spiro atoms. The van der Waals surface area contributed by atoms with Crippen LogP contribution in [0.2, 0.25) is 0 Å². The Morgan fingerprint density at radius 3 is 2.40 bits per heavy atom. The topological polar surface area (TPSA) is 78.4 Å². The Bertz CT molecular complexity index is 249. The van der Waals surface area contributed by atoms with Gasteiger partial charge in [-0.25, -0.2) is 4.79 Å². The van der Waals surface area contributed by atoms with Crippen LogP contribution in [0.15, 0.2) is 0 Å². The minimum absolute atomic E-state index is 0.104. The van der Waals surface area contributed by atoms with Gasteiger partial charge in [-0.05, 0) is 18.8 Å². The van der Waals surface area contributed by atoms with E-state index in [1.807, 2.05) is 0 Å². The van der Waals surface area contributed by atoms with E-state index < -0.39 is 12.0 Å². The third-order valence-electron chi connectivity index (χ3n) is 2.38. The molecule has 0 saturated heterocycles. The van der Waals surface area contributed by atoms with Gasteiger partial charge in [0.15, 0.2) is 0 Å². The molecule has 0 aromatic rings. The largest absolute Gasteiger partial charge is 0.480 e. The maximum absolute atomic E-state index is 11.4. The van der Waals surface area contributed by atoms with Crippen molar-refractivity contribution in [2.24, 2.45) is 5.92 Å². The van der Waals surface area contributed by atoms with Crippen molar-refractivity contribution in [1.29, 1.82) is 0 Å². The van der Waals surface area contributed by atoms with Crippen molar-refractivity contribution in [3.63, 3.8) is 0 Å². The average Bonchev–Trinajstić information content (AvgIpc) is 2.93. The molecule has 0 aromatic carbocycles. The Kier molecular flexibility index (Phi) is 4.08. The number of nitrogens with one attached hydrogen (secondary N) is 2. The Morgan fingerprint density at radius 1 is 1.40 bits per heavy atom. The van der Waals surface area contributed by atoms with Gasteiger partial charge in [-0.2, -0.15) is 0 Å².